The molecule has 0 aromatic heterocycles. The Labute approximate surface area is 105 Å². The van der Waals surface area contributed by atoms with Crippen LogP contribution in [0.5, 0.6) is 5.75 Å². The fourth-order valence-corrected chi connectivity index (χ4v) is 1.38. The number of methoxy groups -OCH3 is 1. The van der Waals surface area contributed by atoms with Gasteiger partial charge in [-0.3, -0.25) is 4.79 Å². The molecule has 0 saturated carbocycles. The van der Waals surface area contributed by atoms with E-state index in [1.165, 1.54) is 12.1 Å². The number of ether oxygens (including phenoxy) is 1. The average molecular weight is 259 g/mol. The highest BCUT2D eigenvalue weighted by Crippen LogP contribution is 2.26. The number of aromatic hydroxyl groups is 1. The van der Waals surface area contributed by atoms with Crippen LogP contribution in [0.4, 0.5) is 5.69 Å². The zero-order valence-corrected chi connectivity index (χ0v) is 10.2. The molecule has 6 heteroatoms. The first-order chi connectivity index (χ1) is 8.04. The maximum Gasteiger partial charge on any atom is 0.241 e. The van der Waals surface area contributed by atoms with Gasteiger partial charge in [0.05, 0.1) is 11.1 Å². The van der Waals surface area contributed by atoms with Gasteiger partial charge in [-0.15, -0.1) is 0 Å². The molecule has 1 aromatic carbocycles. The molecule has 4 N–H and O–H groups in total. The molecule has 0 fully saturated rings. The number of amides is 1. The van der Waals surface area contributed by atoms with Crippen LogP contribution >= 0.6 is 11.6 Å². The van der Waals surface area contributed by atoms with Crippen LogP contribution in [0.25, 0.3) is 0 Å². The summed E-state index contributed by atoms with van der Waals surface area (Å²) in [5.74, 6) is -0.350. The molecule has 0 radical (unpaired) electrons. The molecule has 0 aliphatic rings. The topological polar surface area (TPSA) is 84.6 Å². The summed E-state index contributed by atoms with van der Waals surface area (Å²) in [5.41, 5.74) is 6.14. The van der Waals surface area contributed by atoms with E-state index in [0.717, 1.165) is 0 Å². The van der Waals surface area contributed by atoms with Crippen molar-refractivity contribution in [1.29, 1.82) is 0 Å². The number of nitrogens with two attached hydrogens (primary N) is 1. The summed E-state index contributed by atoms with van der Waals surface area (Å²) >= 11 is 5.71. The third-order valence-electron chi connectivity index (χ3n) is 2.18. The molecule has 0 bridgehead atoms. The van der Waals surface area contributed by atoms with Gasteiger partial charge in [-0.25, -0.2) is 0 Å². The van der Waals surface area contributed by atoms with Crippen molar-refractivity contribution in [2.24, 2.45) is 5.73 Å². The van der Waals surface area contributed by atoms with E-state index in [1.807, 2.05) is 0 Å². The molecule has 94 valence electrons. The van der Waals surface area contributed by atoms with E-state index >= 15 is 0 Å². The van der Waals surface area contributed by atoms with Crippen molar-refractivity contribution < 1.29 is 14.6 Å². The van der Waals surface area contributed by atoms with E-state index in [1.54, 1.807) is 13.2 Å². The van der Waals surface area contributed by atoms with Crippen LogP contribution < -0.4 is 11.1 Å². The number of phenolic OH excluding ortho intramolecular Hbond substituents is 1. The highest BCUT2D eigenvalue weighted by molar-refractivity contribution is 6.32. The minimum Gasteiger partial charge on any atom is -0.506 e. The molecule has 1 rings (SSSR count). The summed E-state index contributed by atoms with van der Waals surface area (Å²) < 4.78 is 4.83. The van der Waals surface area contributed by atoms with Crippen LogP contribution in [0.15, 0.2) is 18.2 Å². The molecule has 0 spiro atoms. The first-order valence-corrected chi connectivity index (χ1v) is 5.46. The first-order valence-electron chi connectivity index (χ1n) is 5.08. The summed E-state index contributed by atoms with van der Waals surface area (Å²) in [5, 5.41) is 12.0. The summed E-state index contributed by atoms with van der Waals surface area (Å²) in [6.07, 6.45) is 0.439. The predicted octanol–water partition coefficient (Wildman–Crippen LogP) is 1.35. The normalized spacial score (nSPS) is 12.2. The van der Waals surface area contributed by atoms with Crippen molar-refractivity contribution in [2.45, 2.75) is 12.5 Å². The first kappa shape index (κ1) is 13.8. The lowest BCUT2D eigenvalue weighted by molar-refractivity contribution is -0.117. The molecule has 1 amide bonds. The summed E-state index contributed by atoms with van der Waals surface area (Å²) in [4.78, 5) is 11.6. The van der Waals surface area contributed by atoms with E-state index in [0.29, 0.717) is 18.7 Å². The van der Waals surface area contributed by atoms with Crippen LogP contribution in [0.3, 0.4) is 0 Å². The number of carbonyl (C=O) groups excluding carboxylic acids is 1. The minimum atomic E-state index is -0.637. The van der Waals surface area contributed by atoms with Crippen LogP contribution in [-0.4, -0.2) is 30.8 Å². The molecule has 0 aliphatic carbocycles. The monoisotopic (exact) mass is 258 g/mol. The number of halogens is 1. The van der Waals surface area contributed by atoms with Crippen LogP contribution in [-0.2, 0) is 9.53 Å². The van der Waals surface area contributed by atoms with Crippen molar-refractivity contribution in [2.75, 3.05) is 19.0 Å². The second-order valence-electron chi connectivity index (χ2n) is 3.54. The second kappa shape index (κ2) is 6.44. The number of benzene rings is 1. The molecule has 17 heavy (non-hydrogen) atoms. The highest BCUT2D eigenvalue weighted by atomic mass is 35.5. The van der Waals surface area contributed by atoms with Gasteiger partial charge in [-0.1, -0.05) is 11.6 Å². The summed E-state index contributed by atoms with van der Waals surface area (Å²) in [7, 11) is 1.55. The molecule has 0 aliphatic heterocycles. The van der Waals surface area contributed by atoms with Crippen molar-refractivity contribution >= 4 is 23.2 Å². The molecular formula is C11H15ClN2O3. The zero-order valence-electron chi connectivity index (χ0n) is 9.44. The Bertz CT molecular complexity index is 398. The number of hydrogen-bond donors (Lipinski definition) is 3. The van der Waals surface area contributed by atoms with Crippen LogP contribution in [0.1, 0.15) is 6.42 Å². The van der Waals surface area contributed by atoms with Gasteiger partial charge in [0.15, 0.2) is 0 Å². The zero-order chi connectivity index (χ0) is 12.8. The van der Waals surface area contributed by atoms with Gasteiger partial charge in [-0.2, -0.15) is 0 Å². The number of anilines is 1. The maximum atomic E-state index is 11.6. The Hall–Kier alpha value is -1.30. The van der Waals surface area contributed by atoms with Crippen LogP contribution in [0.2, 0.25) is 5.02 Å². The maximum absolute atomic E-state index is 11.6. The fourth-order valence-electron chi connectivity index (χ4n) is 1.20. The van der Waals surface area contributed by atoms with Gasteiger partial charge in [0.2, 0.25) is 5.91 Å². The second-order valence-corrected chi connectivity index (χ2v) is 3.95. The summed E-state index contributed by atoms with van der Waals surface area (Å²) in [6.45, 7) is 0.422. The lowest BCUT2D eigenvalue weighted by Crippen LogP contribution is -2.36. The molecule has 5 nitrogen and oxygen atoms in total. The van der Waals surface area contributed by atoms with E-state index in [9.17, 15) is 9.90 Å². The quantitative estimate of drug-likeness (QED) is 0.696. The summed E-state index contributed by atoms with van der Waals surface area (Å²) in [6, 6.07) is 3.76. The number of phenols is 1. The number of nitrogens with one attached hydrogen (secondary N) is 1. The van der Waals surface area contributed by atoms with Gasteiger partial charge in [-0.05, 0) is 24.6 Å². The van der Waals surface area contributed by atoms with Crippen LogP contribution in [0, 0.1) is 0 Å². The van der Waals surface area contributed by atoms with Gasteiger partial charge in [0.1, 0.15) is 5.75 Å². The van der Waals surface area contributed by atoms with Gasteiger partial charge in [0.25, 0.3) is 0 Å². The third kappa shape index (κ3) is 4.22. The molecule has 0 heterocycles. The lowest BCUT2D eigenvalue weighted by atomic mass is 10.2. The number of hydrogen-bond acceptors (Lipinski definition) is 4. The Morgan fingerprint density at radius 2 is 2.35 bits per heavy atom. The molecular weight excluding hydrogens is 244 g/mol. The fraction of sp³-hybridized carbons (Fsp3) is 0.364. The lowest BCUT2D eigenvalue weighted by Gasteiger charge is -2.12. The molecule has 1 unspecified atom stereocenters. The smallest absolute Gasteiger partial charge is 0.241 e. The third-order valence-corrected chi connectivity index (χ3v) is 2.49. The average Bonchev–Trinajstić information content (AvgIpc) is 2.30. The van der Waals surface area contributed by atoms with Crippen molar-refractivity contribution in [3.63, 3.8) is 0 Å². The van der Waals surface area contributed by atoms with Crippen molar-refractivity contribution in [3.05, 3.63) is 23.2 Å². The number of rotatable bonds is 5. The van der Waals surface area contributed by atoms with Crippen molar-refractivity contribution in [1.82, 2.24) is 0 Å². The van der Waals surface area contributed by atoms with Gasteiger partial charge < -0.3 is 20.9 Å². The van der Waals surface area contributed by atoms with E-state index in [4.69, 9.17) is 22.1 Å². The number of carbonyl (C=O) groups is 1. The standard InChI is InChI=1S/C11H15ClN2O3/c1-17-5-4-9(13)11(16)14-7-2-3-10(15)8(12)6-7/h2-3,6,9,15H,4-5,13H2,1H3,(H,14,16). The Kier molecular flexibility index (Phi) is 5.21. The largest absolute Gasteiger partial charge is 0.506 e. The molecule has 1 aromatic rings. The Morgan fingerprint density at radius 1 is 1.65 bits per heavy atom. The van der Waals surface area contributed by atoms with E-state index in [2.05, 4.69) is 5.32 Å². The van der Waals surface area contributed by atoms with E-state index < -0.39 is 6.04 Å². The Balaban J connectivity index is 2.58. The SMILES string of the molecule is COCCC(N)C(=O)Nc1ccc(O)c(Cl)c1. The molecule has 0 saturated heterocycles. The van der Waals surface area contributed by atoms with Gasteiger partial charge in [0, 0.05) is 19.4 Å². The Morgan fingerprint density at radius 3 is 2.94 bits per heavy atom. The van der Waals surface area contributed by atoms with E-state index in [-0.39, 0.29) is 16.7 Å². The highest BCUT2D eigenvalue weighted by Gasteiger charge is 2.13. The minimum absolute atomic E-state index is 0.0339. The predicted molar refractivity (Wildman–Crippen MR) is 66.2 cm³/mol. The van der Waals surface area contributed by atoms with Gasteiger partial charge >= 0.3 is 0 Å². The van der Waals surface area contributed by atoms with Crippen molar-refractivity contribution in [3.8, 4) is 5.75 Å². The molecule has 1 atom stereocenters.